The smallest absolute Gasteiger partial charge is 0.257 e. The minimum atomic E-state index is -0.294. The number of morpholine rings is 1. The quantitative estimate of drug-likeness (QED) is 0.818. The summed E-state index contributed by atoms with van der Waals surface area (Å²) in [5.41, 5.74) is 0.863. The van der Waals surface area contributed by atoms with Crippen LogP contribution >= 0.6 is 0 Å². The number of hydrogen-bond acceptors (Lipinski definition) is 6. The predicted molar refractivity (Wildman–Crippen MR) is 93.2 cm³/mol. The van der Waals surface area contributed by atoms with Gasteiger partial charge in [0.2, 0.25) is 5.91 Å². The summed E-state index contributed by atoms with van der Waals surface area (Å²) in [5.74, 6) is 1.58. The van der Waals surface area contributed by atoms with Crippen molar-refractivity contribution >= 4 is 5.91 Å². The Bertz CT molecular complexity index is 727. The highest BCUT2D eigenvalue weighted by Gasteiger charge is 2.32. The Morgan fingerprint density at radius 1 is 1.15 bits per heavy atom. The molecule has 0 aliphatic carbocycles. The number of nitrogens with zero attached hydrogens (tertiary/aromatic N) is 3. The fourth-order valence-electron chi connectivity index (χ4n) is 3.47. The Morgan fingerprint density at radius 2 is 2.00 bits per heavy atom. The van der Waals surface area contributed by atoms with Crippen LogP contribution in [0.4, 0.5) is 0 Å². The van der Waals surface area contributed by atoms with Gasteiger partial charge in [0.25, 0.3) is 5.89 Å². The van der Waals surface area contributed by atoms with Crippen LogP contribution in [-0.4, -0.2) is 53.9 Å². The second kappa shape index (κ2) is 7.97. The molecule has 7 heteroatoms. The van der Waals surface area contributed by atoms with Crippen LogP contribution in [0.3, 0.4) is 0 Å². The molecule has 1 amide bonds. The van der Waals surface area contributed by atoms with E-state index in [2.05, 4.69) is 10.1 Å². The Morgan fingerprint density at radius 3 is 2.81 bits per heavy atom. The fraction of sp³-hybridized carbons (Fsp3) is 0.526. The summed E-state index contributed by atoms with van der Waals surface area (Å²) >= 11 is 0. The molecule has 2 aliphatic rings. The molecule has 0 bridgehead atoms. The van der Waals surface area contributed by atoms with Gasteiger partial charge in [-0.25, -0.2) is 0 Å². The van der Waals surface area contributed by atoms with Crippen LogP contribution < -0.4 is 0 Å². The fourth-order valence-corrected chi connectivity index (χ4v) is 3.47. The van der Waals surface area contributed by atoms with Crippen LogP contribution in [0.15, 0.2) is 34.9 Å². The molecule has 3 heterocycles. The predicted octanol–water partition coefficient (Wildman–Crippen LogP) is 2.45. The largest absolute Gasteiger partial charge is 0.381 e. The molecule has 2 saturated heterocycles. The highest BCUT2D eigenvalue weighted by Crippen LogP contribution is 2.27. The van der Waals surface area contributed by atoms with E-state index in [1.165, 1.54) is 0 Å². The van der Waals surface area contributed by atoms with Crippen LogP contribution in [0.5, 0.6) is 0 Å². The number of amides is 1. The van der Waals surface area contributed by atoms with Gasteiger partial charge < -0.3 is 18.9 Å². The molecular formula is C19H23N3O4. The third-order valence-corrected chi connectivity index (χ3v) is 5.00. The van der Waals surface area contributed by atoms with Crippen molar-refractivity contribution in [2.75, 3.05) is 33.0 Å². The molecular weight excluding hydrogens is 334 g/mol. The van der Waals surface area contributed by atoms with Crippen molar-refractivity contribution in [3.63, 3.8) is 0 Å². The van der Waals surface area contributed by atoms with Crippen LogP contribution in [0, 0.1) is 5.92 Å². The summed E-state index contributed by atoms with van der Waals surface area (Å²) < 4.78 is 16.4. The third-order valence-electron chi connectivity index (χ3n) is 5.00. The Labute approximate surface area is 152 Å². The normalized spacial score (nSPS) is 23.3. The van der Waals surface area contributed by atoms with E-state index in [1.807, 2.05) is 35.2 Å². The van der Waals surface area contributed by atoms with Crippen molar-refractivity contribution in [1.82, 2.24) is 15.0 Å². The average Bonchev–Trinajstić information content (AvgIpc) is 3.39. The van der Waals surface area contributed by atoms with E-state index < -0.39 is 0 Å². The van der Waals surface area contributed by atoms with Gasteiger partial charge in [0, 0.05) is 31.7 Å². The van der Waals surface area contributed by atoms with E-state index in [1.54, 1.807) is 0 Å². The van der Waals surface area contributed by atoms with Crippen molar-refractivity contribution in [1.29, 1.82) is 0 Å². The summed E-state index contributed by atoms with van der Waals surface area (Å²) in [7, 11) is 0. The molecule has 1 aromatic heterocycles. The molecule has 4 rings (SSSR count). The lowest BCUT2D eigenvalue weighted by atomic mass is 10.0. The molecule has 138 valence electrons. The molecule has 0 saturated carbocycles. The van der Waals surface area contributed by atoms with Crippen molar-refractivity contribution in [2.45, 2.75) is 25.3 Å². The first-order valence-electron chi connectivity index (χ1n) is 9.15. The second-order valence-electron chi connectivity index (χ2n) is 6.77. The summed E-state index contributed by atoms with van der Waals surface area (Å²) in [6.07, 6.45) is 2.43. The highest BCUT2D eigenvalue weighted by molar-refractivity contribution is 5.76. The van der Waals surface area contributed by atoms with E-state index in [0.717, 1.165) is 31.6 Å². The van der Waals surface area contributed by atoms with Crippen LogP contribution in [0.25, 0.3) is 11.5 Å². The number of carbonyl (C=O) groups is 1. The van der Waals surface area contributed by atoms with Gasteiger partial charge in [-0.15, -0.1) is 0 Å². The topological polar surface area (TPSA) is 77.7 Å². The van der Waals surface area contributed by atoms with E-state index in [9.17, 15) is 4.79 Å². The van der Waals surface area contributed by atoms with Gasteiger partial charge in [-0.1, -0.05) is 23.4 Å². The molecule has 7 nitrogen and oxygen atoms in total. The lowest BCUT2D eigenvalue weighted by molar-refractivity contribution is -0.140. The molecule has 26 heavy (non-hydrogen) atoms. The summed E-state index contributed by atoms with van der Waals surface area (Å²) in [5, 5.41) is 4.11. The highest BCUT2D eigenvalue weighted by atomic mass is 16.5. The average molecular weight is 357 g/mol. The molecule has 2 unspecified atom stereocenters. The van der Waals surface area contributed by atoms with Crippen LogP contribution in [0.2, 0.25) is 0 Å². The number of carbonyl (C=O) groups excluding carboxylic acids is 1. The van der Waals surface area contributed by atoms with Crippen LogP contribution in [-0.2, 0) is 14.3 Å². The summed E-state index contributed by atoms with van der Waals surface area (Å²) in [6, 6.07) is 9.32. The lowest BCUT2D eigenvalue weighted by Gasteiger charge is -2.34. The molecule has 2 aromatic rings. The standard InChI is InChI=1S/C19H23N3O4/c23-17(7-6-14-8-10-24-12-14)22-9-11-25-13-16(22)18-20-19(26-21-18)15-4-2-1-3-5-15/h1-5,14,16H,6-13H2. The molecule has 2 aliphatic heterocycles. The van der Waals surface area contributed by atoms with Crippen LogP contribution in [0.1, 0.15) is 31.1 Å². The van der Waals surface area contributed by atoms with Gasteiger partial charge in [-0.2, -0.15) is 4.98 Å². The zero-order valence-electron chi connectivity index (χ0n) is 14.7. The zero-order chi connectivity index (χ0) is 17.8. The Kier molecular flexibility index (Phi) is 5.26. The van der Waals surface area contributed by atoms with Gasteiger partial charge in [-0.05, 0) is 30.9 Å². The molecule has 0 spiro atoms. The Balaban J connectivity index is 1.45. The third kappa shape index (κ3) is 3.78. The number of benzene rings is 1. The minimum absolute atomic E-state index is 0.122. The van der Waals surface area contributed by atoms with Crippen molar-refractivity contribution in [3.05, 3.63) is 36.2 Å². The summed E-state index contributed by atoms with van der Waals surface area (Å²) in [6.45, 7) is 3.07. The van der Waals surface area contributed by atoms with Gasteiger partial charge >= 0.3 is 0 Å². The number of rotatable bonds is 5. The lowest BCUT2D eigenvalue weighted by Crippen LogP contribution is -2.43. The van der Waals surface area contributed by atoms with Crippen molar-refractivity contribution in [2.24, 2.45) is 5.92 Å². The molecule has 2 atom stereocenters. The zero-order valence-corrected chi connectivity index (χ0v) is 14.7. The van der Waals surface area contributed by atoms with E-state index in [4.69, 9.17) is 14.0 Å². The maximum absolute atomic E-state index is 12.8. The number of hydrogen-bond donors (Lipinski definition) is 0. The van der Waals surface area contributed by atoms with Gasteiger partial charge in [-0.3, -0.25) is 4.79 Å². The van der Waals surface area contributed by atoms with Gasteiger partial charge in [0.15, 0.2) is 5.82 Å². The first-order valence-corrected chi connectivity index (χ1v) is 9.15. The van der Waals surface area contributed by atoms with Gasteiger partial charge in [0.05, 0.1) is 13.2 Å². The molecule has 0 radical (unpaired) electrons. The molecule has 2 fully saturated rings. The minimum Gasteiger partial charge on any atom is -0.381 e. The second-order valence-corrected chi connectivity index (χ2v) is 6.77. The first-order chi connectivity index (χ1) is 12.8. The maximum atomic E-state index is 12.8. The monoisotopic (exact) mass is 357 g/mol. The van der Waals surface area contributed by atoms with Crippen molar-refractivity contribution < 1.29 is 18.8 Å². The number of ether oxygens (including phenoxy) is 2. The molecule has 1 aromatic carbocycles. The van der Waals surface area contributed by atoms with E-state index in [-0.39, 0.29) is 11.9 Å². The maximum Gasteiger partial charge on any atom is 0.257 e. The van der Waals surface area contributed by atoms with E-state index >= 15 is 0 Å². The summed E-state index contributed by atoms with van der Waals surface area (Å²) in [4.78, 5) is 19.1. The van der Waals surface area contributed by atoms with E-state index in [0.29, 0.717) is 43.8 Å². The number of aromatic nitrogens is 2. The van der Waals surface area contributed by atoms with Crippen molar-refractivity contribution in [3.8, 4) is 11.5 Å². The molecule has 0 N–H and O–H groups in total. The first kappa shape index (κ1) is 17.2. The Hall–Kier alpha value is -2.25. The SMILES string of the molecule is O=C(CCC1CCOC1)N1CCOCC1c1noc(-c2ccccc2)n1. The van der Waals surface area contributed by atoms with Gasteiger partial charge in [0.1, 0.15) is 6.04 Å².